The number of phenolic OH excluding ortho intramolecular Hbond substituents is 1. The molecule has 102 valence electrons. The molecular weight excluding hydrogens is 254 g/mol. The second-order valence-electron chi connectivity index (χ2n) is 4.36. The van der Waals surface area contributed by atoms with Crippen LogP contribution in [0.15, 0.2) is 47.5 Å². The fraction of sp³-hybridized carbons (Fsp3) is 0.125. The maximum absolute atomic E-state index is 11.3. The van der Waals surface area contributed by atoms with Crippen LogP contribution in [0.1, 0.15) is 21.5 Å². The van der Waals surface area contributed by atoms with Gasteiger partial charge in [-0.25, -0.2) is 4.79 Å². The van der Waals surface area contributed by atoms with Crippen molar-refractivity contribution in [1.82, 2.24) is 0 Å². The van der Waals surface area contributed by atoms with Crippen LogP contribution in [-0.2, 0) is 4.74 Å². The summed E-state index contributed by atoms with van der Waals surface area (Å²) in [6.45, 7) is 1.95. The van der Waals surface area contributed by atoms with Gasteiger partial charge in [-0.1, -0.05) is 11.6 Å². The number of benzene rings is 2. The minimum atomic E-state index is -0.378. The molecule has 20 heavy (non-hydrogen) atoms. The lowest BCUT2D eigenvalue weighted by Crippen LogP contribution is -1.99. The van der Waals surface area contributed by atoms with Gasteiger partial charge in [0.05, 0.1) is 18.4 Å². The van der Waals surface area contributed by atoms with Gasteiger partial charge in [0.1, 0.15) is 5.75 Å². The Morgan fingerprint density at radius 3 is 2.55 bits per heavy atom. The number of aliphatic imine (C=N–C) groups is 1. The van der Waals surface area contributed by atoms with E-state index in [1.807, 2.05) is 19.1 Å². The van der Waals surface area contributed by atoms with Gasteiger partial charge in [-0.15, -0.1) is 0 Å². The van der Waals surface area contributed by atoms with Gasteiger partial charge in [0, 0.05) is 11.8 Å². The van der Waals surface area contributed by atoms with Crippen LogP contribution in [0.25, 0.3) is 0 Å². The number of rotatable bonds is 3. The van der Waals surface area contributed by atoms with Crippen LogP contribution < -0.4 is 0 Å². The summed E-state index contributed by atoms with van der Waals surface area (Å²) < 4.78 is 4.62. The molecule has 0 aliphatic carbocycles. The lowest BCUT2D eigenvalue weighted by Gasteiger charge is -2.01. The number of carbonyl (C=O) groups is 1. The van der Waals surface area contributed by atoms with Gasteiger partial charge >= 0.3 is 5.97 Å². The normalized spacial score (nSPS) is 10.7. The average Bonchev–Trinajstić information content (AvgIpc) is 2.48. The van der Waals surface area contributed by atoms with Crippen molar-refractivity contribution in [2.24, 2.45) is 4.99 Å². The molecule has 0 saturated heterocycles. The van der Waals surface area contributed by atoms with E-state index in [4.69, 9.17) is 0 Å². The molecule has 0 spiro atoms. The van der Waals surface area contributed by atoms with Crippen LogP contribution in [0.4, 0.5) is 5.69 Å². The van der Waals surface area contributed by atoms with E-state index in [-0.39, 0.29) is 11.7 Å². The maximum Gasteiger partial charge on any atom is 0.337 e. The van der Waals surface area contributed by atoms with E-state index in [2.05, 4.69) is 9.73 Å². The van der Waals surface area contributed by atoms with Crippen molar-refractivity contribution in [3.05, 3.63) is 59.2 Å². The number of hydrogen-bond donors (Lipinski definition) is 1. The van der Waals surface area contributed by atoms with Gasteiger partial charge in [-0.3, -0.25) is 4.99 Å². The summed E-state index contributed by atoms with van der Waals surface area (Å²) in [4.78, 5) is 15.6. The molecule has 0 unspecified atom stereocenters. The summed E-state index contributed by atoms with van der Waals surface area (Å²) in [5.74, 6) is -0.192. The van der Waals surface area contributed by atoms with Crippen LogP contribution in [-0.4, -0.2) is 24.4 Å². The molecule has 2 aromatic carbocycles. The molecule has 0 amide bonds. The van der Waals surface area contributed by atoms with Crippen LogP contribution in [0.5, 0.6) is 5.75 Å². The first-order valence-corrected chi connectivity index (χ1v) is 6.12. The van der Waals surface area contributed by atoms with Gasteiger partial charge in [0.15, 0.2) is 0 Å². The smallest absolute Gasteiger partial charge is 0.337 e. The first-order valence-electron chi connectivity index (χ1n) is 6.12. The molecule has 1 N–H and O–H groups in total. The third-order valence-corrected chi connectivity index (χ3v) is 2.82. The maximum atomic E-state index is 11.3. The van der Waals surface area contributed by atoms with E-state index in [0.29, 0.717) is 16.8 Å². The van der Waals surface area contributed by atoms with E-state index in [9.17, 15) is 9.90 Å². The predicted octanol–water partition coefficient (Wildman–Crippen LogP) is 3.24. The SMILES string of the molecule is COC(=O)c1ccc(/N=C/c2cc(C)ccc2O)cc1. The monoisotopic (exact) mass is 269 g/mol. The largest absolute Gasteiger partial charge is 0.507 e. The number of methoxy groups -OCH3 is 1. The summed E-state index contributed by atoms with van der Waals surface area (Å²) in [6, 6.07) is 12.0. The zero-order chi connectivity index (χ0) is 14.5. The van der Waals surface area contributed by atoms with Crippen molar-refractivity contribution in [2.75, 3.05) is 7.11 Å². The Kier molecular flexibility index (Phi) is 4.15. The Bertz CT molecular complexity index is 645. The summed E-state index contributed by atoms with van der Waals surface area (Å²) in [5, 5.41) is 9.71. The number of carbonyl (C=O) groups excluding carboxylic acids is 1. The van der Waals surface area contributed by atoms with Crippen LogP contribution in [0.2, 0.25) is 0 Å². The molecule has 0 atom stereocenters. The Hall–Kier alpha value is -2.62. The third-order valence-electron chi connectivity index (χ3n) is 2.82. The van der Waals surface area contributed by atoms with Crippen molar-refractivity contribution < 1.29 is 14.6 Å². The fourth-order valence-electron chi connectivity index (χ4n) is 1.72. The fourth-order valence-corrected chi connectivity index (χ4v) is 1.72. The predicted molar refractivity (Wildman–Crippen MR) is 77.9 cm³/mol. The van der Waals surface area contributed by atoms with Crippen molar-refractivity contribution in [2.45, 2.75) is 6.92 Å². The minimum Gasteiger partial charge on any atom is -0.507 e. The molecule has 0 saturated carbocycles. The Morgan fingerprint density at radius 1 is 1.20 bits per heavy atom. The molecule has 0 bridgehead atoms. The van der Waals surface area contributed by atoms with Crippen LogP contribution in [0, 0.1) is 6.92 Å². The highest BCUT2D eigenvalue weighted by molar-refractivity contribution is 5.90. The quantitative estimate of drug-likeness (QED) is 0.687. The Labute approximate surface area is 117 Å². The first-order chi connectivity index (χ1) is 9.60. The van der Waals surface area contributed by atoms with E-state index >= 15 is 0 Å². The van der Waals surface area contributed by atoms with Crippen molar-refractivity contribution >= 4 is 17.9 Å². The highest BCUT2D eigenvalue weighted by Crippen LogP contribution is 2.18. The molecule has 0 fully saturated rings. The van der Waals surface area contributed by atoms with Crippen molar-refractivity contribution in [3.8, 4) is 5.75 Å². The first kappa shape index (κ1) is 13.8. The molecule has 2 rings (SSSR count). The molecule has 0 aliphatic rings. The summed E-state index contributed by atoms with van der Waals surface area (Å²) >= 11 is 0. The Morgan fingerprint density at radius 2 is 1.90 bits per heavy atom. The van der Waals surface area contributed by atoms with E-state index in [1.165, 1.54) is 7.11 Å². The summed E-state index contributed by atoms with van der Waals surface area (Å²) in [7, 11) is 1.34. The number of phenols is 1. The lowest BCUT2D eigenvalue weighted by molar-refractivity contribution is 0.0601. The summed E-state index contributed by atoms with van der Waals surface area (Å²) in [6.07, 6.45) is 1.59. The Balaban J connectivity index is 2.19. The van der Waals surface area contributed by atoms with Crippen molar-refractivity contribution in [3.63, 3.8) is 0 Å². The minimum absolute atomic E-state index is 0.186. The van der Waals surface area contributed by atoms with Gasteiger partial charge < -0.3 is 9.84 Å². The number of hydrogen-bond acceptors (Lipinski definition) is 4. The van der Waals surface area contributed by atoms with E-state index < -0.39 is 0 Å². The molecule has 4 heteroatoms. The molecule has 2 aromatic rings. The second-order valence-corrected chi connectivity index (χ2v) is 4.36. The van der Waals surface area contributed by atoms with E-state index in [1.54, 1.807) is 36.5 Å². The lowest BCUT2D eigenvalue weighted by atomic mass is 10.1. The van der Waals surface area contributed by atoms with Crippen LogP contribution >= 0.6 is 0 Å². The zero-order valence-electron chi connectivity index (χ0n) is 11.3. The summed E-state index contributed by atoms with van der Waals surface area (Å²) in [5.41, 5.74) is 2.87. The van der Waals surface area contributed by atoms with Crippen LogP contribution in [0.3, 0.4) is 0 Å². The molecule has 4 nitrogen and oxygen atoms in total. The third kappa shape index (κ3) is 3.23. The number of esters is 1. The highest BCUT2D eigenvalue weighted by atomic mass is 16.5. The molecule has 0 aromatic heterocycles. The average molecular weight is 269 g/mol. The van der Waals surface area contributed by atoms with Gasteiger partial charge in [-0.2, -0.15) is 0 Å². The molecule has 0 aliphatic heterocycles. The molecule has 0 radical (unpaired) electrons. The topological polar surface area (TPSA) is 58.9 Å². The standard InChI is InChI=1S/C16H15NO3/c1-11-3-8-15(18)13(9-11)10-17-14-6-4-12(5-7-14)16(19)20-2/h3-10,18H,1-2H3/b17-10+. The molecular formula is C16H15NO3. The van der Waals surface area contributed by atoms with E-state index in [0.717, 1.165) is 5.56 Å². The number of aryl methyl sites for hydroxylation is 1. The second kappa shape index (κ2) is 6.02. The molecule has 0 heterocycles. The van der Waals surface area contributed by atoms with Gasteiger partial charge in [0.25, 0.3) is 0 Å². The highest BCUT2D eigenvalue weighted by Gasteiger charge is 2.03. The van der Waals surface area contributed by atoms with Gasteiger partial charge in [0.2, 0.25) is 0 Å². The van der Waals surface area contributed by atoms with Crippen molar-refractivity contribution in [1.29, 1.82) is 0 Å². The number of nitrogens with zero attached hydrogens (tertiary/aromatic N) is 1. The number of aromatic hydroxyl groups is 1. The zero-order valence-corrected chi connectivity index (χ0v) is 11.3. The van der Waals surface area contributed by atoms with Gasteiger partial charge in [-0.05, 0) is 43.3 Å². The number of ether oxygens (including phenoxy) is 1.